The highest BCUT2D eigenvalue weighted by atomic mass is 79.9. The molecule has 0 aliphatic rings. The van der Waals surface area contributed by atoms with Crippen molar-refractivity contribution in [3.8, 4) is 0 Å². The molecule has 0 aliphatic carbocycles. The van der Waals surface area contributed by atoms with Crippen molar-refractivity contribution < 1.29 is 9.53 Å². The third kappa shape index (κ3) is 3.86. The molecule has 0 N–H and O–H groups in total. The van der Waals surface area contributed by atoms with Gasteiger partial charge < -0.3 is 4.74 Å². The Kier molecular flexibility index (Phi) is 5.34. The average molecular weight is 402 g/mol. The SMILES string of the molecule is O=C(OC(c1ccccc1)c1ccccc1)c1cc(Br)ccc1Cl. The first-order chi connectivity index (χ1) is 11.6. The van der Waals surface area contributed by atoms with Crippen molar-refractivity contribution in [2.24, 2.45) is 0 Å². The van der Waals surface area contributed by atoms with E-state index in [-0.39, 0.29) is 0 Å². The molecule has 24 heavy (non-hydrogen) atoms. The summed E-state index contributed by atoms with van der Waals surface area (Å²) in [5.74, 6) is -0.459. The van der Waals surface area contributed by atoms with Crippen LogP contribution in [0.25, 0.3) is 0 Å². The van der Waals surface area contributed by atoms with Crippen LogP contribution in [0.4, 0.5) is 0 Å². The van der Waals surface area contributed by atoms with E-state index in [1.54, 1.807) is 18.2 Å². The Labute approximate surface area is 154 Å². The highest BCUT2D eigenvalue weighted by Crippen LogP contribution is 2.29. The van der Waals surface area contributed by atoms with Gasteiger partial charge in [0.05, 0.1) is 10.6 Å². The lowest BCUT2D eigenvalue weighted by Crippen LogP contribution is -2.13. The van der Waals surface area contributed by atoms with E-state index in [0.29, 0.717) is 10.6 Å². The van der Waals surface area contributed by atoms with Gasteiger partial charge in [-0.2, -0.15) is 0 Å². The monoisotopic (exact) mass is 400 g/mol. The number of esters is 1. The Hall–Kier alpha value is -2.10. The minimum absolute atomic E-state index is 0.336. The molecule has 120 valence electrons. The fourth-order valence-electron chi connectivity index (χ4n) is 2.41. The summed E-state index contributed by atoms with van der Waals surface area (Å²) in [6, 6.07) is 24.4. The topological polar surface area (TPSA) is 26.3 Å². The van der Waals surface area contributed by atoms with E-state index in [0.717, 1.165) is 15.6 Å². The second-order valence-electron chi connectivity index (χ2n) is 5.23. The summed E-state index contributed by atoms with van der Waals surface area (Å²) in [5, 5.41) is 0.364. The van der Waals surface area contributed by atoms with Crippen molar-refractivity contribution in [2.45, 2.75) is 6.10 Å². The molecule has 0 fully saturated rings. The van der Waals surface area contributed by atoms with E-state index < -0.39 is 12.1 Å². The fraction of sp³-hybridized carbons (Fsp3) is 0.0500. The smallest absolute Gasteiger partial charge is 0.340 e. The van der Waals surface area contributed by atoms with E-state index in [4.69, 9.17) is 16.3 Å². The summed E-state index contributed by atoms with van der Waals surface area (Å²) in [4.78, 5) is 12.6. The van der Waals surface area contributed by atoms with Crippen LogP contribution in [-0.2, 0) is 4.74 Å². The molecule has 0 saturated heterocycles. The molecule has 0 amide bonds. The Morgan fingerprint density at radius 3 is 1.96 bits per heavy atom. The van der Waals surface area contributed by atoms with Crippen LogP contribution < -0.4 is 0 Å². The number of rotatable bonds is 4. The Morgan fingerprint density at radius 2 is 1.42 bits per heavy atom. The van der Waals surface area contributed by atoms with Gasteiger partial charge in [-0.15, -0.1) is 0 Å². The Bertz CT molecular complexity index is 795. The van der Waals surface area contributed by atoms with Crippen molar-refractivity contribution >= 4 is 33.5 Å². The van der Waals surface area contributed by atoms with Crippen LogP contribution in [0.15, 0.2) is 83.3 Å². The zero-order valence-corrected chi connectivity index (χ0v) is 15.0. The van der Waals surface area contributed by atoms with Gasteiger partial charge in [0.2, 0.25) is 0 Å². The molecule has 0 saturated carbocycles. The summed E-state index contributed by atoms with van der Waals surface area (Å²) >= 11 is 9.50. The Balaban J connectivity index is 1.95. The van der Waals surface area contributed by atoms with E-state index >= 15 is 0 Å². The van der Waals surface area contributed by atoms with E-state index in [9.17, 15) is 4.79 Å². The number of benzene rings is 3. The molecule has 0 aliphatic heterocycles. The van der Waals surface area contributed by atoms with Crippen LogP contribution in [-0.4, -0.2) is 5.97 Å². The standard InChI is InChI=1S/C20H14BrClO2/c21-16-11-12-18(22)17(13-16)20(23)24-19(14-7-3-1-4-8-14)15-9-5-2-6-10-15/h1-13,19H. The molecular weight excluding hydrogens is 388 g/mol. The van der Waals surface area contributed by atoms with Crippen LogP contribution in [0.3, 0.4) is 0 Å². The maximum atomic E-state index is 12.6. The van der Waals surface area contributed by atoms with Gasteiger partial charge in [0.15, 0.2) is 6.10 Å². The second kappa shape index (κ2) is 7.65. The first kappa shape index (κ1) is 16.7. The third-order valence-electron chi connectivity index (χ3n) is 3.58. The molecular formula is C20H14BrClO2. The number of hydrogen-bond acceptors (Lipinski definition) is 2. The lowest BCUT2D eigenvalue weighted by Gasteiger charge is -2.19. The van der Waals surface area contributed by atoms with Gasteiger partial charge in [-0.1, -0.05) is 88.2 Å². The average Bonchev–Trinajstić information content (AvgIpc) is 2.63. The first-order valence-electron chi connectivity index (χ1n) is 7.41. The van der Waals surface area contributed by atoms with Gasteiger partial charge in [-0.25, -0.2) is 4.79 Å². The Morgan fingerprint density at radius 1 is 0.875 bits per heavy atom. The summed E-state index contributed by atoms with van der Waals surface area (Å²) in [7, 11) is 0. The van der Waals surface area contributed by atoms with Gasteiger partial charge in [0, 0.05) is 4.47 Å². The number of carbonyl (C=O) groups excluding carboxylic acids is 1. The predicted molar refractivity (Wildman–Crippen MR) is 99.3 cm³/mol. The predicted octanol–water partition coefficient (Wildman–Crippen LogP) is 6.05. The zero-order chi connectivity index (χ0) is 16.9. The highest BCUT2D eigenvalue weighted by Gasteiger charge is 2.21. The molecule has 4 heteroatoms. The van der Waals surface area contributed by atoms with Crippen LogP contribution in [0, 0.1) is 0 Å². The number of ether oxygens (including phenoxy) is 1. The molecule has 0 aromatic heterocycles. The van der Waals surface area contributed by atoms with Gasteiger partial charge in [-0.05, 0) is 29.3 Å². The molecule has 0 atom stereocenters. The van der Waals surface area contributed by atoms with Crippen molar-refractivity contribution in [3.05, 3.63) is 105 Å². The summed E-state index contributed by atoms with van der Waals surface area (Å²) < 4.78 is 6.57. The van der Waals surface area contributed by atoms with Gasteiger partial charge >= 0.3 is 5.97 Å². The van der Waals surface area contributed by atoms with Gasteiger partial charge in [0.25, 0.3) is 0 Å². The van der Waals surface area contributed by atoms with Crippen molar-refractivity contribution in [2.75, 3.05) is 0 Å². The zero-order valence-electron chi connectivity index (χ0n) is 12.7. The molecule has 3 aromatic rings. The van der Waals surface area contributed by atoms with Crippen molar-refractivity contribution in [3.63, 3.8) is 0 Å². The van der Waals surface area contributed by atoms with Gasteiger partial charge in [0.1, 0.15) is 0 Å². The molecule has 0 heterocycles. The molecule has 0 bridgehead atoms. The quantitative estimate of drug-likeness (QED) is 0.497. The van der Waals surface area contributed by atoms with Crippen molar-refractivity contribution in [1.82, 2.24) is 0 Å². The lowest BCUT2D eigenvalue weighted by molar-refractivity contribution is 0.0378. The first-order valence-corrected chi connectivity index (χ1v) is 8.58. The van der Waals surface area contributed by atoms with Crippen LogP contribution in [0.5, 0.6) is 0 Å². The summed E-state index contributed by atoms with van der Waals surface area (Å²) in [6.07, 6.45) is -0.491. The van der Waals surface area contributed by atoms with Crippen molar-refractivity contribution in [1.29, 1.82) is 0 Å². The second-order valence-corrected chi connectivity index (χ2v) is 6.55. The van der Waals surface area contributed by atoms with Crippen LogP contribution >= 0.6 is 27.5 Å². The molecule has 3 rings (SSSR count). The van der Waals surface area contributed by atoms with E-state index in [2.05, 4.69) is 15.9 Å². The minimum atomic E-state index is -0.491. The molecule has 3 aromatic carbocycles. The lowest BCUT2D eigenvalue weighted by atomic mass is 10.0. The normalized spacial score (nSPS) is 10.6. The molecule has 0 spiro atoms. The van der Waals surface area contributed by atoms with Crippen LogP contribution in [0.2, 0.25) is 5.02 Å². The summed E-state index contributed by atoms with van der Waals surface area (Å²) in [6.45, 7) is 0. The maximum Gasteiger partial charge on any atom is 0.340 e. The maximum absolute atomic E-state index is 12.6. The highest BCUT2D eigenvalue weighted by molar-refractivity contribution is 9.10. The number of carbonyl (C=O) groups is 1. The largest absolute Gasteiger partial charge is 0.449 e. The number of hydrogen-bond donors (Lipinski definition) is 0. The molecule has 2 nitrogen and oxygen atoms in total. The minimum Gasteiger partial charge on any atom is -0.449 e. The molecule has 0 radical (unpaired) electrons. The third-order valence-corrected chi connectivity index (χ3v) is 4.40. The number of halogens is 2. The van der Waals surface area contributed by atoms with E-state index in [1.807, 2.05) is 60.7 Å². The van der Waals surface area contributed by atoms with E-state index in [1.165, 1.54) is 0 Å². The fourth-order valence-corrected chi connectivity index (χ4v) is 2.96. The van der Waals surface area contributed by atoms with Crippen LogP contribution in [0.1, 0.15) is 27.6 Å². The van der Waals surface area contributed by atoms with Gasteiger partial charge in [-0.3, -0.25) is 0 Å². The molecule has 0 unspecified atom stereocenters. The summed E-state index contributed by atoms with van der Waals surface area (Å²) in [5.41, 5.74) is 2.15.